The molecule has 1 saturated heterocycles. The smallest absolute Gasteiger partial charge is 0.251 e. The zero-order valence-electron chi connectivity index (χ0n) is 13.0. The average molecular weight is 311 g/mol. The van der Waals surface area contributed by atoms with Gasteiger partial charge in [-0.1, -0.05) is 18.2 Å². The number of benzene rings is 1. The zero-order valence-corrected chi connectivity index (χ0v) is 13.0. The number of ether oxygens (including phenoxy) is 1. The molecule has 5 heteroatoms. The number of nitrogen functional groups attached to an aromatic ring is 1. The van der Waals surface area contributed by atoms with Gasteiger partial charge in [-0.15, -0.1) is 0 Å². The molecule has 0 saturated carbocycles. The zero-order chi connectivity index (χ0) is 16.1. The summed E-state index contributed by atoms with van der Waals surface area (Å²) in [6, 6.07) is 12.9. The van der Waals surface area contributed by atoms with Gasteiger partial charge in [0.25, 0.3) is 5.91 Å². The Labute approximate surface area is 135 Å². The van der Waals surface area contributed by atoms with Crippen molar-refractivity contribution in [1.29, 1.82) is 0 Å². The van der Waals surface area contributed by atoms with E-state index in [-0.39, 0.29) is 5.91 Å². The summed E-state index contributed by atoms with van der Waals surface area (Å²) < 4.78 is 5.33. The van der Waals surface area contributed by atoms with Crippen molar-refractivity contribution in [3.8, 4) is 11.3 Å². The summed E-state index contributed by atoms with van der Waals surface area (Å²) in [5, 5.41) is 3.01. The van der Waals surface area contributed by atoms with E-state index in [2.05, 4.69) is 10.3 Å². The highest BCUT2D eigenvalue weighted by Gasteiger charge is 2.15. The molecule has 0 bridgehead atoms. The lowest BCUT2D eigenvalue weighted by atomic mass is 10.0. The minimum Gasteiger partial charge on any atom is -0.384 e. The number of hydrogen-bond donors (Lipinski definition) is 2. The first-order valence-corrected chi connectivity index (χ1v) is 7.91. The second kappa shape index (κ2) is 7.24. The predicted octanol–water partition coefficient (Wildman–Crippen LogP) is 2.49. The molecular formula is C18H21N3O2. The van der Waals surface area contributed by atoms with Gasteiger partial charge in [0.2, 0.25) is 0 Å². The fourth-order valence-electron chi connectivity index (χ4n) is 2.69. The third-order valence-electron chi connectivity index (χ3n) is 4.11. The van der Waals surface area contributed by atoms with Crippen molar-refractivity contribution >= 4 is 11.7 Å². The van der Waals surface area contributed by atoms with Crippen LogP contribution in [0.3, 0.4) is 0 Å². The van der Waals surface area contributed by atoms with Crippen LogP contribution < -0.4 is 11.1 Å². The van der Waals surface area contributed by atoms with Crippen molar-refractivity contribution in [2.45, 2.75) is 12.8 Å². The number of hydrogen-bond acceptors (Lipinski definition) is 4. The Morgan fingerprint density at radius 1 is 1.17 bits per heavy atom. The number of rotatable bonds is 4. The fraction of sp³-hybridized carbons (Fsp3) is 0.333. The highest BCUT2D eigenvalue weighted by atomic mass is 16.5. The Morgan fingerprint density at radius 2 is 1.91 bits per heavy atom. The Hall–Kier alpha value is -2.40. The number of nitrogens with zero attached hydrogens (tertiary/aromatic N) is 1. The second-order valence-electron chi connectivity index (χ2n) is 5.79. The second-order valence-corrected chi connectivity index (χ2v) is 5.79. The third-order valence-corrected chi connectivity index (χ3v) is 4.11. The van der Waals surface area contributed by atoms with Gasteiger partial charge in [-0.25, -0.2) is 4.98 Å². The van der Waals surface area contributed by atoms with Gasteiger partial charge in [0.15, 0.2) is 0 Å². The Balaban J connectivity index is 1.61. The predicted molar refractivity (Wildman–Crippen MR) is 90.0 cm³/mol. The molecule has 3 rings (SSSR count). The number of amides is 1. The summed E-state index contributed by atoms with van der Waals surface area (Å²) >= 11 is 0. The highest BCUT2D eigenvalue weighted by Crippen LogP contribution is 2.19. The topological polar surface area (TPSA) is 77.2 Å². The lowest BCUT2D eigenvalue weighted by Crippen LogP contribution is -2.32. The number of carbonyl (C=O) groups excluding carboxylic acids is 1. The SMILES string of the molecule is Nc1cccc(-c2ccc(C(=O)NCC3CCOCC3)cc2)n1. The summed E-state index contributed by atoms with van der Waals surface area (Å²) in [5.74, 6) is 0.966. The summed E-state index contributed by atoms with van der Waals surface area (Å²) in [6.45, 7) is 2.30. The largest absolute Gasteiger partial charge is 0.384 e. The van der Waals surface area contributed by atoms with Gasteiger partial charge >= 0.3 is 0 Å². The molecule has 3 N–H and O–H groups in total. The van der Waals surface area contributed by atoms with Crippen LogP contribution in [-0.2, 0) is 4.74 Å². The Kier molecular flexibility index (Phi) is 4.88. The van der Waals surface area contributed by atoms with Crippen LogP contribution in [0.25, 0.3) is 11.3 Å². The lowest BCUT2D eigenvalue weighted by molar-refractivity contribution is 0.0642. The molecule has 2 aromatic rings. The first-order chi connectivity index (χ1) is 11.2. The van der Waals surface area contributed by atoms with Crippen molar-refractivity contribution in [2.75, 3.05) is 25.5 Å². The molecule has 1 aliphatic heterocycles. The van der Waals surface area contributed by atoms with E-state index in [0.29, 0.717) is 23.8 Å². The molecule has 1 amide bonds. The fourth-order valence-corrected chi connectivity index (χ4v) is 2.69. The number of carbonyl (C=O) groups is 1. The molecule has 5 nitrogen and oxygen atoms in total. The van der Waals surface area contributed by atoms with Gasteiger partial charge in [-0.3, -0.25) is 4.79 Å². The van der Waals surface area contributed by atoms with Crippen LogP contribution in [-0.4, -0.2) is 30.6 Å². The van der Waals surface area contributed by atoms with Crippen LogP contribution in [0.1, 0.15) is 23.2 Å². The van der Waals surface area contributed by atoms with Crippen molar-refractivity contribution in [3.05, 3.63) is 48.0 Å². The van der Waals surface area contributed by atoms with Crippen LogP contribution in [0.5, 0.6) is 0 Å². The Morgan fingerprint density at radius 3 is 2.61 bits per heavy atom. The summed E-state index contributed by atoms with van der Waals surface area (Å²) in [5.41, 5.74) is 8.11. The number of nitrogens with two attached hydrogens (primary N) is 1. The number of pyridine rings is 1. The van der Waals surface area contributed by atoms with E-state index >= 15 is 0 Å². The normalized spacial score (nSPS) is 15.3. The van der Waals surface area contributed by atoms with Crippen molar-refractivity contribution in [2.24, 2.45) is 5.92 Å². The number of anilines is 1. The summed E-state index contributed by atoms with van der Waals surface area (Å²) in [6.07, 6.45) is 2.03. The minimum atomic E-state index is -0.0384. The quantitative estimate of drug-likeness (QED) is 0.909. The van der Waals surface area contributed by atoms with Crippen LogP contribution in [0.15, 0.2) is 42.5 Å². The van der Waals surface area contributed by atoms with E-state index in [1.54, 1.807) is 6.07 Å². The molecule has 0 spiro atoms. The minimum absolute atomic E-state index is 0.0384. The number of nitrogens with one attached hydrogen (secondary N) is 1. The van der Waals surface area contributed by atoms with Crippen LogP contribution in [0.4, 0.5) is 5.82 Å². The maximum Gasteiger partial charge on any atom is 0.251 e. The van der Waals surface area contributed by atoms with E-state index in [4.69, 9.17) is 10.5 Å². The molecule has 120 valence electrons. The molecule has 0 atom stereocenters. The molecule has 23 heavy (non-hydrogen) atoms. The molecule has 0 aliphatic carbocycles. The average Bonchev–Trinajstić information content (AvgIpc) is 2.61. The monoisotopic (exact) mass is 311 g/mol. The highest BCUT2D eigenvalue weighted by molar-refractivity contribution is 5.94. The lowest BCUT2D eigenvalue weighted by Gasteiger charge is -2.22. The van der Waals surface area contributed by atoms with Crippen LogP contribution in [0, 0.1) is 5.92 Å². The first-order valence-electron chi connectivity index (χ1n) is 7.91. The Bertz CT molecular complexity index is 664. The van der Waals surface area contributed by atoms with Crippen molar-refractivity contribution in [1.82, 2.24) is 10.3 Å². The number of aromatic nitrogens is 1. The maximum atomic E-state index is 12.2. The molecular weight excluding hydrogens is 290 g/mol. The molecule has 0 radical (unpaired) electrons. The molecule has 1 aromatic heterocycles. The van der Waals surface area contributed by atoms with Gasteiger partial charge in [0.05, 0.1) is 5.69 Å². The van der Waals surface area contributed by atoms with Crippen molar-refractivity contribution in [3.63, 3.8) is 0 Å². The van der Waals surface area contributed by atoms with Crippen LogP contribution >= 0.6 is 0 Å². The van der Waals surface area contributed by atoms with Crippen molar-refractivity contribution < 1.29 is 9.53 Å². The summed E-state index contributed by atoms with van der Waals surface area (Å²) in [4.78, 5) is 16.5. The van der Waals surface area contributed by atoms with Gasteiger partial charge in [-0.2, -0.15) is 0 Å². The van der Waals surface area contributed by atoms with Crippen LogP contribution in [0.2, 0.25) is 0 Å². The van der Waals surface area contributed by atoms with Gasteiger partial charge in [-0.05, 0) is 43.0 Å². The van der Waals surface area contributed by atoms with E-state index < -0.39 is 0 Å². The van der Waals surface area contributed by atoms with Gasteiger partial charge < -0.3 is 15.8 Å². The molecule has 1 aromatic carbocycles. The van der Waals surface area contributed by atoms with E-state index in [0.717, 1.165) is 37.3 Å². The third kappa shape index (κ3) is 4.07. The molecule has 1 fully saturated rings. The van der Waals surface area contributed by atoms with E-state index in [9.17, 15) is 4.79 Å². The first kappa shape index (κ1) is 15.5. The molecule has 2 heterocycles. The molecule has 0 unspecified atom stereocenters. The van der Waals surface area contributed by atoms with E-state index in [1.807, 2.05) is 36.4 Å². The van der Waals surface area contributed by atoms with E-state index in [1.165, 1.54) is 0 Å². The maximum absolute atomic E-state index is 12.2. The van der Waals surface area contributed by atoms with Gasteiger partial charge in [0.1, 0.15) is 5.82 Å². The molecule has 1 aliphatic rings. The standard InChI is InChI=1S/C18H21N3O2/c19-17-3-1-2-16(21-17)14-4-6-15(7-5-14)18(22)20-12-13-8-10-23-11-9-13/h1-7,13H,8-12H2,(H2,19,21)(H,20,22). The summed E-state index contributed by atoms with van der Waals surface area (Å²) in [7, 11) is 0. The van der Waals surface area contributed by atoms with Gasteiger partial charge in [0, 0.05) is 30.9 Å².